The van der Waals surface area contributed by atoms with E-state index in [9.17, 15) is 18.0 Å². The third-order valence-corrected chi connectivity index (χ3v) is 6.56. The van der Waals surface area contributed by atoms with E-state index in [1.54, 1.807) is 13.0 Å². The molecule has 0 fully saturated rings. The highest BCUT2D eigenvalue weighted by Crippen LogP contribution is 2.18. The molecule has 11 nitrogen and oxygen atoms in total. The fourth-order valence-corrected chi connectivity index (χ4v) is 4.01. The maximum absolute atomic E-state index is 13.1. The third-order valence-electron chi connectivity index (χ3n) is 4.67. The van der Waals surface area contributed by atoms with Crippen LogP contribution in [0.25, 0.3) is 11.2 Å². The van der Waals surface area contributed by atoms with Gasteiger partial charge in [0.1, 0.15) is 17.8 Å². The molecule has 33 heavy (non-hydrogen) atoms. The van der Waals surface area contributed by atoms with Crippen LogP contribution >= 0.6 is 11.6 Å². The SMILES string of the molecule is CCCn1c(=O)c(NCc2ccc(S(=O)(=O)CC)cn2)nc2c(COC(C)=O)nc(Cl)nc21. The number of hydrogen-bond donors (Lipinski definition) is 1. The van der Waals surface area contributed by atoms with Gasteiger partial charge in [-0.3, -0.25) is 19.1 Å². The number of carbonyl (C=O) groups excluding carboxylic acids is 1. The number of anilines is 1. The van der Waals surface area contributed by atoms with Crippen molar-refractivity contribution in [2.24, 2.45) is 0 Å². The monoisotopic (exact) mass is 494 g/mol. The highest BCUT2D eigenvalue weighted by molar-refractivity contribution is 7.91. The van der Waals surface area contributed by atoms with Crippen molar-refractivity contribution < 1.29 is 17.9 Å². The zero-order valence-electron chi connectivity index (χ0n) is 18.3. The quantitative estimate of drug-likeness (QED) is 0.346. The molecule has 0 aromatic carbocycles. The van der Waals surface area contributed by atoms with E-state index in [1.165, 1.54) is 23.8 Å². The molecule has 0 radical (unpaired) electrons. The second kappa shape index (κ2) is 10.2. The van der Waals surface area contributed by atoms with Crippen molar-refractivity contribution in [1.82, 2.24) is 24.5 Å². The van der Waals surface area contributed by atoms with Crippen LogP contribution in [0, 0.1) is 0 Å². The van der Waals surface area contributed by atoms with E-state index in [4.69, 9.17) is 16.3 Å². The standard InChI is InChI=1S/C20H23ClN6O5S/c1-4-8-27-18-16(15(11-32-12(3)28)24-20(21)26-18)25-17(19(27)29)23-9-13-6-7-14(10-22-13)33(30,31)5-2/h6-7,10H,4-5,8-9,11H2,1-3H3,(H,23,25). The average molecular weight is 495 g/mol. The van der Waals surface area contributed by atoms with Gasteiger partial charge < -0.3 is 10.1 Å². The van der Waals surface area contributed by atoms with Crippen LogP contribution in [0.2, 0.25) is 5.28 Å². The first kappa shape index (κ1) is 24.5. The zero-order valence-corrected chi connectivity index (χ0v) is 19.9. The van der Waals surface area contributed by atoms with E-state index in [0.29, 0.717) is 18.7 Å². The molecular weight excluding hydrogens is 472 g/mol. The summed E-state index contributed by atoms with van der Waals surface area (Å²) >= 11 is 6.03. The first-order valence-electron chi connectivity index (χ1n) is 10.2. The summed E-state index contributed by atoms with van der Waals surface area (Å²) in [5.74, 6) is -0.498. The fraction of sp³-hybridized carbons (Fsp3) is 0.400. The summed E-state index contributed by atoms with van der Waals surface area (Å²) in [4.78, 5) is 41.3. The van der Waals surface area contributed by atoms with Crippen LogP contribution < -0.4 is 10.9 Å². The highest BCUT2D eigenvalue weighted by Gasteiger charge is 2.18. The molecule has 13 heteroatoms. The summed E-state index contributed by atoms with van der Waals surface area (Å²) in [5.41, 5.74) is 0.874. The maximum Gasteiger partial charge on any atom is 0.303 e. The molecule has 0 aliphatic heterocycles. The van der Waals surface area contributed by atoms with Gasteiger partial charge in [-0.25, -0.2) is 18.4 Å². The van der Waals surface area contributed by atoms with E-state index < -0.39 is 21.4 Å². The topological polar surface area (TPSA) is 146 Å². The van der Waals surface area contributed by atoms with E-state index in [-0.39, 0.29) is 51.8 Å². The number of halogens is 1. The van der Waals surface area contributed by atoms with Crippen LogP contribution in [-0.2, 0) is 39.1 Å². The predicted octanol–water partition coefficient (Wildman–Crippen LogP) is 2.11. The Morgan fingerprint density at radius 1 is 1.21 bits per heavy atom. The Labute approximate surface area is 195 Å². The molecule has 3 aromatic heterocycles. The number of aromatic nitrogens is 5. The van der Waals surface area contributed by atoms with Crippen molar-refractivity contribution in [3.05, 3.63) is 45.4 Å². The molecule has 1 N–H and O–H groups in total. The normalized spacial score (nSPS) is 11.5. The number of fused-ring (bicyclic) bond motifs is 1. The molecule has 0 amide bonds. The fourth-order valence-electron chi connectivity index (χ4n) is 3.00. The maximum atomic E-state index is 13.1. The molecule has 176 valence electrons. The summed E-state index contributed by atoms with van der Waals surface area (Å²) in [6.45, 7) is 5.03. The van der Waals surface area contributed by atoms with Crippen molar-refractivity contribution in [3.63, 3.8) is 0 Å². The molecule has 0 aliphatic carbocycles. The highest BCUT2D eigenvalue weighted by atomic mass is 35.5. The lowest BCUT2D eigenvalue weighted by atomic mass is 10.3. The van der Waals surface area contributed by atoms with Gasteiger partial charge in [0.05, 0.1) is 22.9 Å². The van der Waals surface area contributed by atoms with Crippen molar-refractivity contribution in [3.8, 4) is 0 Å². The Morgan fingerprint density at radius 2 is 1.97 bits per heavy atom. The van der Waals surface area contributed by atoms with Crippen molar-refractivity contribution in [1.29, 1.82) is 0 Å². The van der Waals surface area contributed by atoms with Crippen LogP contribution in [0.1, 0.15) is 38.6 Å². The van der Waals surface area contributed by atoms with Crippen LogP contribution in [0.3, 0.4) is 0 Å². The molecule has 3 rings (SSSR count). The molecule has 3 heterocycles. The van der Waals surface area contributed by atoms with Crippen LogP contribution in [-0.4, -0.2) is 44.6 Å². The van der Waals surface area contributed by atoms with Gasteiger partial charge in [0.15, 0.2) is 21.3 Å². The molecule has 0 aliphatic rings. The van der Waals surface area contributed by atoms with Crippen molar-refractivity contribution in [2.75, 3.05) is 11.1 Å². The van der Waals surface area contributed by atoms with E-state index in [0.717, 1.165) is 0 Å². The number of nitrogens with zero attached hydrogens (tertiary/aromatic N) is 5. The van der Waals surface area contributed by atoms with Gasteiger partial charge in [-0.1, -0.05) is 13.8 Å². The lowest BCUT2D eigenvalue weighted by Crippen LogP contribution is -2.27. The number of carbonyl (C=O) groups is 1. The molecule has 0 bridgehead atoms. The Balaban J connectivity index is 1.99. The minimum atomic E-state index is -3.35. The smallest absolute Gasteiger partial charge is 0.303 e. The van der Waals surface area contributed by atoms with E-state index in [2.05, 4.69) is 25.3 Å². The number of hydrogen-bond acceptors (Lipinski definition) is 10. The second-order valence-electron chi connectivity index (χ2n) is 7.05. The number of pyridine rings is 1. The van der Waals surface area contributed by atoms with Crippen LogP contribution in [0.15, 0.2) is 28.0 Å². The van der Waals surface area contributed by atoms with Gasteiger partial charge in [-0.2, -0.15) is 4.98 Å². The summed E-state index contributed by atoms with van der Waals surface area (Å²) < 4.78 is 30.4. The lowest BCUT2D eigenvalue weighted by molar-refractivity contribution is -0.142. The number of nitrogens with one attached hydrogen (secondary N) is 1. The Hall–Kier alpha value is -3.12. The molecular formula is C20H23ClN6O5S. The summed E-state index contributed by atoms with van der Waals surface area (Å²) in [7, 11) is -3.35. The number of aryl methyl sites for hydroxylation is 1. The lowest BCUT2D eigenvalue weighted by Gasteiger charge is -2.14. The number of ether oxygens (including phenoxy) is 1. The molecule has 0 spiro atoms. The summed E-state index contributed by atoms with van der Waals surface area (Å²) in [6, 6.07) is 3.04. The average Bonchev–Trinajstić information content (AvgIpc) is 2.78. The predicted molar refractivity (Wildman–Crippen MR) is 122 cm³/mol. The summed E-state index contributed by atoms with van der Waals surface area (Å²) in [6.07, 6.45) is 1.93. The Morgan fingerprint density at radius 3 is 2.58 bits per heavy atom. The number of sulfone groups is 1. The molecule has 0 atom stereocenters. The second-order valence-corrected chi connectivity index (χ2v) is 9.67. The zero-order chi connectivity index (χ0) is 24.2. The Bertz CT molecular complexity index is 1340. The molecule has 0 saturated heterocycles. The Kier molecular flexibility index (Phi) is 7.59. The van der Waals surface area contributed by atoms with Crippen LogP contribution in [0.4, 0.5) is 5.82 Å². The molecule has 0 unspecified atom stereocenters. The van der Waals surface area contributed by atoms with Gasteiger partial charge in [0, 0.05) is 19.7 Å². The van der Waals surface area contributed by atoms with Gasteiger partial charge in [0.25, 0.3) is 5.56 Å². The molecule has 3 aromatic rings. The first-order valence-corrected chi connectivity index (χ1v) is 12.2. The largest absolute Gasteiger partial charge is 0.459 e. The minimum absolute atomic E-state index is 0.0218. The first-order chi connectivity index (χ1) is 15.7. The van der Waals surface area contributed by atoms with Gasteiger partial charge in [-0.05, 0) is 30.2 Å². The third kappa shape index (κ3) is 5.63. The van der Waals surface area contributed by atoms with Gasteiger partial charge >= 0.3 is 5.97 Å². The van der Waals surface area contributed by atoms with Crippen molar-refractivity contribution >= 4 is 44.4 Å². The number of esters is 1. The van der Waals surface area contributed by atoms with E-state index >= 15 is 0 Å². The van der Waals surface area contributed by atoms with E-state index in [1.807, 2.05) is 6.92 Å². The van der Waals surface area contributed by atoms with Gasteiger partial charge in [-0.15, -0.1) is 0 Å². The summed E-state index contributed by atoms with van der Waals surface area (Å²) in [5, 5.41) is 2.85. The van der Waals surface area contributed by atoms with Crippen molar-refractivity contribution in [2.45, 2.75) is 51.8 Å². The number of rotatable bonds is 9. The molecule has 0 saturated carbocycles. The van der Waals surface area contributed by atoms with Gasteiger partial charge in [0.2, 0.25) is 5.28 Å². The minimum Gasteiger partial charge on any atom is -0.459 e. The van der Waals surface area contributed by atoms with Crippen LogP contribution in [0.5, 0.6) is 0 Å².